The van der Waals surface area contributed by atoms with Gasteiger partial charge in [0.2, 0.25) is 0 Å². The molecule has 0 amide bonds. The fourth-order valence-corrected chi connectivity index (χ4v) is 2.17. The van der Waals surface area contributed by atoms with Crippen LogP contribution in [0.2, 0.25) is 0 Å². The summed E-state index contributed by atoms with van der Waals surface area (Å²) in [4.78, 5) is 1.76. The van der Waals surface area contributed by atoms with Crippen LogP contribution in [0.25, 0.3) is 5.57 Å². The van der Waals surface area contributed by atoms with E-state index in [1.807, 2.05) is 7.05 Å². The number of phenols is 1. The summed E-state index contributed by atoms with van der Waals surface area (Å²) >= 11 is 0. The third-order valence-corrected chi connectivity index (χ3v) is 3.36. The predicted molar refractivity (Wildman–Crippen MR) is 76.1 cm³/mol. The monoisotopic (exact) mass is 277 g/mol. The van der Waals surface area contributed by atoms with E-state index in [2.05, 4.69) is 6.58 Å². The predicted octanol–water partition coefficient (Wildman–Crippen LogP) is 4.15. The topological polar surface area (TPSA) is 23.5 Å². The lowest BCUT2D eigenvalue weighted by molar-refractivity contribution is 0.435. The van der Waals surface area contributed by atoms with E-state index >= 15 is 0 Å². The van der Waals surface area contributed by atoms with Crippen LogP contribution in [0.1, 0.15) is 30.9 Å². The van der Waals surface area contributed by atoms with Gasteiger partial charge in [0, 0.05) is 30.1 Å². The second kappa shape index (κ2) is 5.12. The molecule has 0 saturated carbocycles. The molecule has 0 fully saturated rings. The summed E-state index contributed by atoms with van der Waals surface area (Å²) in [5.41, 5.74) is 1.18. The summed E-state index contributed by atoms with van der Waals surface area (Å²) in [6.45, 7) is 7.22. The molecule has 1 aliphatic heterocycles. The van der Waals surface area contributed by atoms with Crippen molar-refractivity contribution in [3.8, 4) is 5.75 Å². The second-order valence-electron chi connectivity index (χ2n) is 5.16. The summed E-state index contributed by atoms with van der Waals surface area (Å²) in [5, 5.41) is 9.92. The Labute approximate surface area is 117 Å². The lowest BCUT2D eigenvalue weighted by Crippen LogP contribution is -2.11. The van der Waals surface area contributed by atoms with Gasteiger partial charge >= 0.3 is 0 Å². The van der Waals surface area contributed by atoms with Gasteiger partial charge in [0.05, 0.1) is 0 Å². The molecule has 0 radical (unpaired) electrons. The maximum absolute atomic E-state index is 14.2. The minimum atomic E-state index is -0.992. The first-order chi connectivity index (χ1) is 9.32. The second-order valence-corrected chi connectivity index (χ2v) is 5.16. The van der Waals surface area contributed by atoms with Gasteiger partial charge in [-0.2, -0.15) is 0 Å². The molecule has 0 spiro atoms. The average molecular weight is 277 g/mol. The van der Waals surface area contributed by atoms with Crippen molar-refractivity contribution in [2.75, 3.05) is 7.05 Å². The Morgan fingerprint density at radius 1 is 1.25 bits per heavy atom. The van der Waals surface area contributed by atoms with Crippen LogP contribution in [0.3, 0.4) is 0 Å². The number of halogens is 2. The van der Waals surface area contributed by atoms with Crippen LogP contribution in [0, 0.1) is 11.6 Å². The first-order valence-corrected chi connectivity index (χ1v) is 6.35. The van der Waals surface area contributed by atoms with Crippen LogP contribution >= 0.6 is 0 Å². The van der Waals surface area contributed by atoms with Crippen molar-refractivity contribution >= 4 is 5.57 Å². The summed E-state index contributed by atoms with van der Waals surface area (Å²) in [5.74, 6) is -2.46. The van der Waals surface area contributed by atoms with Crippen molar-refractivity contribution in [3.05, 3.63) is 59.5 Å². The number of hydrogen-bond acceptors (Lipinski definition) is 2. The molecule has 1 N–H and O–H groups in total. The van der Waals surface area contributed by atoms with E-state index in [4.69, 9.17) is 0 Å². The van der Waals surface area contributed by atoms with Crippen LogP contribution in [-0.4, -0.2) is 17.1 Å². The van der Waals surface area contributed by atoms with E-state index in [0.717, 1.165) is 0 Å². The van der Waals surface area contributed by atoms with Gasteiger partial charge in [-0.25, -0.2) is 8.78 Å². The van der Waals surface area contributed by atoms with Gasteiger partial charge in [-0.1, -0.05) is 20.4 Å². The normalized spacial score (nSPS) is 15.0. The van der Waals surface area contributed by atoms with Crippen molar-refractivity contribution < 1.29 is 13.9 Å². The van der Waals surface area contributed by atoms with Crippen LogP contribution in [-0.2, 0) is 0 Å². The van der Waals surface area contributed by atoms with Crippen molar-refractivity contribution in [2.45, 2.75) is 19.8 Å². The zero-order valence-corrected chi connectivity index (χ0v) is 11.7. The van der Waals surface area contributed by atoms with E-state index in [9.17, 15) is 13.9 Å². The van der Waals surface area contributed by atoms with Crippen molar-refractivity contribution in [3.63, 3.8) is 0 Å². The smallest absolute Gasteiger partial charge is 0.167 e. The number of allylic oxidation sites excluding steroid dienone is 3. The van der Waals surface area contributed by atoms with Gasteiger partial charge in [0.25, 0.3) is 0 Å². The van der Waals surface area contributed by atoms with E-state index in [1.54, 1.807) is 37.1 Å². The standard InChI is InChI=1S/C16H17F2NO/c1-9(2)14-13(20)8-12(15(17)16(14)18)11-5-6-19(4)10(3)7-11/h5-9,20H,3H2,1-2,4H3. The van der Waals surface area contributed by atoms with E-state index in [-0.39, 0.29) is 22.8 Å². The molecule has 0 aromatic heterocycles. The van der Waals surface area contributed by atoms with Crippen molar-refractivity contribution in [2.24, 2.45) is 0 Å². The molecule has 2 rings (SSSR count). The third-order valence-electron chi connectivity index (χ3n) is 3.36. The van der Waals surface area contributed by atoms with Crippen molar-refractivity contribution in [1.82, 2.24) is 4.90 Å². The summed E-state index contributed by atoms with van der Waals surface area (Å²) in [7, 11) is 1.81. The number of phenolic OH excluding ortho intramolecular Hbond substituents is 1. The van der Waals surface area contributed by atoms with Gasteiger partial charge in [-0.05, 0) is 29.7 Å². The molecule has 1 aromatic carbocycles. The number of benzene rings is 1. The number of nitrogens with zero attached hydrogens (tertiary/aromatic N) is 1. The Hall–Kier alpha value is -2.10. The van der Waals surface area contributed by atoms with Crippen LogP contribution in [0.5, 0.6) is 5.75 Å². The van der Waals surface area contributed by atoms with Gasteiger partial charge in [0.1, 0.15) is 5.75 Å². The summed E-state index contributed by atoms with van der Waals surface area (Å²) in [6, 6.07) is 1.27. The summed E-state index contributed by atoms with van der Waals surface area (Å²) < 4.78 is 28.3. The maximum atomic E-state index is 14.2. The quantitative estimate of drug-likeness (QED) is 0.877. The van der Waals surface area contributed by atoms with Gasteiger partial charge < -0.3 is 10.0 Å². The minimum absolute atomic E-state index is 0.00239. The highest BCUT2D eigenvalue weighted by Gasteiger charge is 2.22. The molecule has 0 atom stereocenters. The fourth-order valence-electron chi connectivity index (χ4n) is 2.17. The number of aromatic hydroxyl groups is 1. The van der Waals surface area contributed by atoms with Crippen molar-refractivity contribution in [1.29, 1.82) is 0 Å². The Morgan fingerprint density at radius 3 is 2.45 bits per heavy atom. The van der Waals surface area contributed by atoms with Crippen LogP contribution in [0.15, 0.2) is 36.7 Å². The molecule has 106 valence electrons. The Kier molecular flexibility index (Phi) is 3.66. The molecule has 20 heavy (non-hydrogen) atoms. The largest absolute Gasteiger partial charge is 0.508 e. The van der Waals surface area contributed by atoms with Crippen LogP contribution in [0.4, 0.5) is 8.78 Å². The Morgan fingerprint density at radius 2 is 1.90 bits per heavy atom. The first kappa shape index (κ1) is 14.3. The highest BCUT2D eigenvalue weighted by Crippen LogP contribution is 2.35. The summed E-state index contributed by atoms with van der Waals surface area (Å²) in [6.07, 6.45) is 5.01. The zero-order chi connectivity index (χ0) is 15.0. The van der Waals surface area contributed by atoms with E-state index in [1.165, 1.54) is 6.07 Å². The number of rotatable bonds is 2. The van der Waals surface area contributed by atoms with Gasteiger partial charge in [0.15, 0.2) is 11.6 Å². The molecule has 0 bridgehead atoms. The Balaban J connectivity index is 2.58. The van der Waals surface area contributed by atoms with Crippen LogP contribution < -0.4 is 0 Å². The molecule has 0 unspecified atom stereocenters. The number of likely N-dealkylation sites (N-methyl/N-ethyl adjacent to an activating group) is 1. The van der Waals surface area contributed by atoms with E-state index in [0.29, 0.717) is 11.3 Å². The Bertz CT molecular complexity index is 630. The fraction of sp³-hybridized carbons (Fsp3) is 0.250. The molecule has 0 saturated heterocycles. The van der Waals surface area contributed by atoms with Gasteiger partial charge in [-0.15, -0.1) is 0 Å². The third kappa shape index (κ3) is 2.33. The average Bonchev–Trinajstić information content (AvgIpc) is 2.37. The molecular weight excluding hydrogens is 260 g/mol. The maximum Gasteiger partial charge on any atom is 0.167 e. The minimum Gasteiger partial charge on any atom is -0.508 e. The number of hydrogen-bond donors (Lipinski definition) is 1. The highest BCUT2D eigenvalue weighted by molar-refractivity contribution is 5.78. The zero-order valence-electron chi connectivity index (χ0n) is 11.7. The molecule has 2 nitrogen and oxygen atoms in total. The SMILES string of the molecule is C=C1C=C(c2cc(O)c(C(C)C)c(F)c2F)C=CN1C. The molecule has 0 aliphatic carbocycles. The lowest BCUT2D eigenvalue weighted by atomic mass is 9.95. The molecular formula is C16H17F2NO. The molecule has 4 heteroatoms. The van der Waals surface area contributed by atoms with E-state index < -0.39 is 11.6 Å². The first-order valence-electron chi connectivity index (χ1n) is 6.35. The highest BCUT2D eigenvalue weighted by atomic mass is 19.2. The molecule has 1 aliphatic rings. The molecule has 1 aromatic rings. The van der Waals surface area contributed by atoms with Gasteiger partial charge in [-0.3, -0.25) is 0 Å². The lowest BCUT2D eigenvalue weighted by Gasteiger charge is -2.21. The molecule has 1 heterocycles.